The minimum absolute atomic E-state index is 0.256. The zero-order valence-electron chi connectivity index (χ0n) is 12.7. The summed E-state index contributed by atoms with van der Waals surface area (Å²) in [6.07, 6.45) is 8.27. The molecular weight excluding hydrogens is 250 g/mol. The Morgan fingerprint density at radius 1 is 1.25 bits per heavy atom. The summed E-state index contributed by atoms with van der Waals surface area (Å²) < 4.78 is 10.8. The highest BCUT2D eigenvalue weighted by molar-refractivity contribution is 5.42. The highest BCUT2D eigenvalue weighted by atomic mass is 16.5. The van der Waals surface area contributed by atoms with E-state index in [0.29, 0.717) is 0 Å². The molecule has 1 aliphatic rings. The first-order valence-electron chi connectivity index (χ1n) is 7.35. The molecule has 3 heteroatoms. The largest absolute Gasteiger partial charge is 0.497 e. The maximum absolute atomic E-state index is 5.45. The highest BCUT2D eigenvalue weighted by Gasteiger charge is 2.15. The Kier molecular flexibility index (Phi) is 5.48. The maximum atomic E-state index is 5.45. The van der Waals surface area contributed by atoms with Crippen LogP contribution >= 0.6 is 0 Å². The molecule has 3 nitrogen and oxygen atoms in total. The van der Waals surface area contributed by atoms with Crippen molar-refractivity contribution < 1.29 is 9.47 Å². The number of hydrogen-bond donors (Lipinski definition) is 1. The molecule has 0 bridgehead atoms. The number of benzene rings is 1. The summed E-state index contributed by atoms with van der Waals surface area (Å²) in [5, 5.41) is 3.63. The van der Waals surface area contributed by atoms with Crippen molar-refractivity contribution in [3.63, 3.8) is 0 Å². The van der Waals surface area contributed by atoms with Crippen molar-refractivity contribution in [2.24, 2.45) is 5.92 Å². The molecule has 0 saturated heterocycles. The lowest BCUT2D eigenvalue weighted by Gasteiger charge is -2.23. The molecule has 1 aliphatic carbocycles. The van der Waals surface area contributed by atoms with Gasteiger partial charge in [0.2, 0.25) is 0 Å². The molecule has 0 saturated carbocycles. The van der Waals surface area contributed by atoms with E-state index in [9.17, 15) is 0 Å². The van der Waals surface area contributed by atoms with Gasteiger partial charge in [0.1, 0.15) is 11.5 Å². The van der Waals surface area contributed by atoms with Gasteiger partial charge in [-0.2, -0.15) is 0 Å². The number of ether oxygens (including phenoxy) is 2. The van der Waals surface area contributed by atoms with Crippen LogP contribution in [0.15, 0.2) is 30.4 Å². The molecule has 2 atom stereocenters. The Hall–Kier alpha value is -1.48. The maximum Gasteiger partial charge on any atom is 0.123 e. The molecule has 1 N–H and O–H groups in total. The van der Waals surface area contributed by atoms with Crippen LogP contribution in [0, 0.1) is 5.92 Å². The Bertz CT molecular complexity index is 456. The first kappa shape index (κ1) is 14.9. The average molecular weight is 275 g/mol. The third kappa shape index (κ3) is 3.76. The lowest BCUT2D eigenvalue weighted by molar-refractivity contribution is 0.381. The Morgan fingerprint density at radius 3 is 2.75 bits per heavy atom. The van der Waals surface area contributed by atoms with Gasteiger partial charge in [-0.1, -0.05) is 12.2 Å². The lowest BCUT2D eigenvalue weighted by Crippen LogP contribution is -2.26. The molecule has 0 amide bonds. The predicted octanol–water partition coefficient (Wildman–Crippen LogP) is 3.71. The van der Waals surface area contributed by atoms with Crippen LogP contribution in [0.25, 0.3) is 0 Å². The second-order valence-electron chi connectivity index (χ2n) is 5.39. The fourth-order valence-corrected chi connectivity index (χ4v) is 2.67. The predicted molar refractivity (Wildman–Crippen MR) is 82.4 cm³/mol. The second-order valence-corrected chi connectivity index (χ2v) is 5.39. The van der Waals surface area contributed by atoms with Gasteiger partial charge in [-0.25, -0.2) is 0 Å². The second kappa shape index (κ2) is 7.34. The van der Waals surface area contributed by atoms with Gasteiger partial charge >= 0.3 is 0 Å². The number of methoxy groups -OCH3 is 2. The molecule has 0 aromatic heterocycles. The van der Waals surface area contributed by atoms with E-state index < -0.39 is 0 Å². The van der Waals surface area contributed by atoms with Crippen LogP contribution in [0.5, 0.6) is 11.5 Å². The van der Waals surface area contributed by atoms with E-state index in [0.717, 1.165) is 29.5 Å². The summed E-state index contributed by atoms with van der Waals surface area (Å²) in [5.41, 5.74) is 1.15. The monoisotopic (exact) mass is 275 g/mol. The smallest absolute Gasteiger partial charge is 0.123 e. The van der Waals surface area contributed by atoms with Gasteiger partial charge in [-0.3, -0.25) is 0 Å². The van der Waals surface area contributed by atoms with E-state index in [-0.39, 0.29) is 6.04 Å². The first-order valence-corrected chi connectivity index (χ1v) is 7.35. The van der Waals surface area contributed by atoms with Crippen molar-refractivity contribution in [1.29, 1.82) is 0 Å². The molecular formula is C17H25NO2. The van der Waals surface area contributed by atoms with E-state index in [1.165, 1.54) is 19.3 Å². The molecule has 110 valence electrons. The van der Waals surface area contributed by atoms with E-state index in [4.69, 9.17) is 9.47 Å². The topological polar surface area (TPSA) is 30.5 Å². The summed E-state index contributed by atoms with van der Waals surface area (Å²) in [6, 6.07) is 6.21. The van der Waals surface area contributed by atoms with Gasteiger partial charge in [0, 0.05) is 11.6 Å². The van der Waals surface area contributed by atoms with E-state index in [2.05, 4.69) is 30.5 Å². The van der Waals surface area contributed by atoms with Crippen LogP contribution < -0.4 is 14.8 Å². The van der Waals surface area contributed by atoms with E-state index >= 15 is 0 Å². The van der Waals surface area contributed by atoms with Crippen molar-refractivity contribution in [1.82, 2.24) is 5.32 Å². The van der Waals surface area contributed by atoms with Gasteiger partial charge in [-0.15, -0.1) is 0 Å². The van der Waals surface area contributed by atoms with Crippen LogP contribution in [-0.4, -0.2) is 20.8 Å². The van der Waals surface area contributed by atoms with Crippen molar-refractivity contribution >= 4 is 0 Å². The number of nitrogens with one attached hydrogen (secondary N) is 1. The van der Waals surface area contributed by atoms with Crippen molar-refractivity contribution in [3.8, 4) is 11.5 Å². The summed E-state index contributed by atoms with van der Waals surface area (Å²) in [5.74, 6) is 2.53. The average Bonchev–Trinajstić information content (AvgIpc) is 2.52. The standard InChI is InChI=1S/C17H25NO2/c1-13(18-12-14-7-5-4-6-8-14)16-11-15(19-2)9-10-17(16)20-3/h4-5,9-11,13-14,18H,6-8,12H2,1-3H3. The van der Waals surface area contributed by atoms with Crippen LogP contribution in [0.1, 0.15) is 37.8 Å². The highest BCUT2D eigenvalue weighted by Crippen LogP contribution is 2.29. The number of allylic oxidation sites excluding steroid dienone is 2. The van der Waals surface area contributed by atoms with Gasteiger partial charge in [0.25, 0.3) is 0 Å². The fourth-order valence-electron chi connectivity index (χ4n) is 2.67. The van der Waals surface area contributed by atoms with Crippen LogP contribution in [0.3, 0.4) is 0 Å². The third-order valence-electron chi connectivity index (χ3n) is 3.99. The molecule has 1 aromatic carbocycles. The number of rotatable bonds is 6. The molecule has 0 aliphatic heterocycles. The third-order valence-corrected chi connectivity index (χ3v) is 3.99. The van der Waals surface area contributed by atoms with Crippen molar-refractivity contribution in [2.45, 2.75) is 32.2 Å². The molecule has 1 aromatic rings. The van der Waals surface area contributed by atoms with Crippen molar-refractivity contribution in [2.75, 3.05) is 20.8 Å². The van der Waals surface area contributed by atoms with Gasteiger partial charge in [0.05, 0.1) is 14.2 Å². The van der Waals surface area contributed by atoms with Crippen LogP contribution in [0.4, 0.5) is 0 Å². The molecule has 0 radical (unpaired) electrons. The molecule has 0 spiro atoms. The lowest BCUT2D eigenvalue weighted by atomic mass is 9.94. The number of hydrogen-bond acceptors (Lipinski definition) is 3. The molecule has 20 heavy (non-hydrogen) atoms. The van der Waals surface area contributed by atoms with Crippen LogP contribution in [0.2, 0.25) is 0 Å². The molecule has 0 fully saturated rings. The van der Waals surface area contributed by atoms with Gasteiger partial charge in [-0.05, 0) is 56.8 Å². The summed E-state index contributed by atoms with van der Waals surface area (Å²) in [6.45, 7) is 3.22. The molecule has 2 unspecified atom stereocenters. The van der Waals surface area contributed by atoms with E-state index in [1.54, 1.807) is 14.2 Å². The SMILES string of the molecule is COc1ccc(OC)c(C(C)NCC2CC=CCC2)c1. The minimum Gasteiger partial charge on any atom is -0.497 e. The normalized spacial score (nSPS) is 19.6. The summed E-state index contributed by atoms with van der Waals surface area (Å²) >= 11 is 0. The van der Waals surface area contributed by atoms with E-state index in [1.807, 2.05) is 12.1 Å². The first-order chi connectivity index (χ1) is 9.74. The Labute approximate surface area is 122 Å². The molecule has 2 rings (SSSR count). The molecule has 0 heterocycles. The summed E-state index contributed by atoms with van der Waals surface area (Å²) in [4.78, 5) is 0. The Morgan fingerprint density at radius 2 is 2.10 bits per heavy atom. The quantitative estimate of drug-likeness (QED) is 0.803. The zero-order valence-corrected chi connectivity index (χ0v) is 12.7. The van der Waals surface area contributed by atoms with Crippen LogP contribution in [-0.2, 0) is 0 Å². The van der Waals surface area contributed by atoms with Crippen molar-refractivity contribution in [3.05, 3.63) is 35.9 Å². The fraction of sp³-hybridized carbons (Fsp3) is 0.529. The zero-order chi connectivity index (χ0) is 14.4. The van der Waals surface area contributed by atoms with Gasteiger partial charge < -0.3 is 14.8 Å². The minimum atomic E-state index is 0.256. The summed E-state index contributed by atoms with van der Waals surface area (Å²) in [7, 11) is 3.40. The Balaban J connectivity index is 2.00. The van der Waals surface area contributed by atoms with Gasteiger partial charge in [0.15, 0.2) is 0 Å².